The van der Waals surface area contributed by atoms with Crippen molar-refractivity contribution in [2.75, 3.05) is 23.4 Å². The maximum absolute atomic E-state index is 13.2. The van der Waals surface area contributed by atoms with Gasteiger partial charge in [-0.2, -0.15) is 11.8 Å². The Hall–Kier alpha value is -2.01. The Labute approximate surface area is 153 Å². The van der Waals surface area contributed by atoms with Crippen molar-refractivity contribution in [2.24, 2.45) is 0 Å². The highest BCUT2D eigenvalue weighted by atomic mass is 32.2. The van der Waals surface area contributed by atoms with Crippen LogP contribution in [0.5, 0.6) is 5.75 Å². The third kappa shape index (κ3) is 6.42. The van der Waals surface area contributed by atoms with E-state index in [4.69, 9.17) is 4.74 Å². The average Bonchev–Trinajstić information content (AvgIpc) is 2.57. The maximum Gasteiger partial charge on any atom is 0.234 e. The fourth-order valence-electron chi connectivity index (χ4n) is 2.29. The lowest BCUT2D eigenvalue weighted by atomic mass is 10.1. The normalized spacial score (nSPS) is 10.6. The van der Waals surface area contributed by atoms with Gasteiger partial charge in [0.2, 0.25) is 5.91 Å². The van der Waals surface area contributed by atoms with Gasteiger partial charge in [0.1, 0.15) is 11.6 Å². The Morgan fingerprint density at radius 2 is 1.88 bits per heavy atom. The molecule has 0 fully saturated rings. The number of aryl methyl sites for hydroxylation is 3. The molecule has 0 atom stereocenters. The molecule has 5 heteroatoms. The van der Waals surface area contributed by atoms with Crippen LogP contribution in [0.4, 0.5) is 10.1 Å². The van der Waals surface area contributed by atoms with E-state index in [9.17, 15) is 9.18 Å². The quantitative estimate of drug-likeness (QED) is 0.680. The van der Waals surface area contributed by atoms with Crippen LogP contribution in [0, 0.1) is 26.6 Å². The van der Waals surface area contributed by atoms with Crippen molar-refractivity contribution in [1.29, 1.82) is 0 Å². The summed E-state index contributed by atoms with van der Waals surface area (Å²) >= 11 is 1.55. The first-order valence-electron chi connectivity index (χ1n) is 8.29. The van der Waals surface area contributed by atoms with Crippen molar-refractivity contribution in [2.45, 2.75) is 27.2 Å². The Morgan fingerprint density at radius 1 is 1.12 bits per heavy atom. The summed E-state index contributed by atoms with van der Waals surface area (Å²) in [4.78, 5) is 11.9. The SMILES string of the molecule is Cc1ccc(C)c(OCCCSCC(=O)Nc2cc(F)ccc2C)c1. The molecular weight excluding hydrogens is 337 g/mol. The zero-order valence-electron chi connectivity index (χ0n) is 14.9. The molecule has 134 valence electrons. The van der Waals surface area contributed by atoms with Gasteiger partial charge in [-0.1, -0.05) is 18.2 Å². The minimum atomic E-state index is -0.350. The van der Waals surface area contributed by atoms with Gasteiger partial charge in [0.25, 0.3) is 0 Å². The van der Waals surface area contributed by atoms with Gasteiger partial charge in [0.05, 0.1) is 12.4 Å². The van der Waals surface area contributed by atoms with Gasteiger partial charge in [-0.3, -0.25) is 4.79 Å². The number of ether oxygens (including phenoxy) is 1. The summed E-state index contributed by atoms with van der Waals surface area (Å²) in [5.41, 5.74) is 3.69. The standard InChI is InChI=1S/C20H24FNO2S/c1-14-5-6-16(3)19(11-14)24-9-4-10-25-13-20(23)22-18-12-17(21)8-7-15(18)2/h5-8,11-12H,4,9-10,13H2,1-3H3,(H,22,23). The molecule has 2 aromatic rings. The summed E-state index contributed by atoms with van der Waals surface area (Å²) in [7, 11) is 0. The van der Waals surface area contributed by atoms with Gasteiger partial charge in [-0.25, -0.2) is 4.39 Å². The van der Waals surface area contributed by atoms with Crippen LogP contribution in [0.1, 0.15) is 23.1 Å². The van der Waals surface area contributed by atoms with E-state index in [0.29, 0.717) is 18.0 Å². The number of carbonyl (C=O) groups is 1. The number of carbonyl (C=O) groups excluding carboxylic acids is 1. The number of rotatable bonds is 8. The third-order valence-electron chi connectivity index (χ3n) is 3.74. The molecule has 25 heavy (non-hydrogen) atoms. The summed E-state index contributed by atoms with van der Waals surface area (Å²) in [6.45, 7) is 6.54. The maximum atomic E-state index is 13.2. The van der Waals surface area contributed by atoms with E-state index in [1.54, 1.807) is 17.8 Å². The van der Waals surface area contributed by atoms with Crippen LogP contribution in [0.25, 0.3) is 0 Å². The van der Waals surface area contributed by atoms with Gasteiger partial charge in [-0.15, -0.1) is 0 Å². The van der Waals surface area contributed by atoms with E-state index in [-0.39, 0.29) is 11.7 Å². The van der Waals surface area contributed by atoms with Crippen molar-refractivity contribution in [1.82, 2.24) is 0 Å². The van der Waals surface area contributed by atoms with Crippen LogP contribution in [0.2, 0.25) is 0 Å². The van der Waals surface area contributed by atoms with Gasteiger partial charge >= 0.3 is 0 Å². The van der Waals surface area contributed by atoms with Crippen LogP contribution in [0.3, 0.4) is 0 Å². The molecule has 1 amide bonds. The van der Waals surface area contributed by atoms with Gasteiger partial charge < -0.3 is 10.1 Å². The number of benzene rings is 2. The van der Waals surface area contributed by atoms with Gasteiger partial charge in [0, 0.05) is 5.69 Å². The van der Waals surface area contributed by atoms with Crippen LogP contribution >= 0.6 is 11.8 Å². The van der Waals surface area contributed by atoms with Crippen molar-refractivity contribution in [3.63, 3.8) is 0 Å². The van der Waals surface area contributed by atoms with Gasteiger partial charge in [-0.05, 0) is 67.8 Å². The summed E-state index contributed by atoms with van der Waals surface area (Å²) in [6.07, 6.45) is 0.865. The number of nitrogens with one attached hydrogen (secondary N) is 1. The lowest BCUT2D eigenvalue weighted by Gasteiger charge is -2.10. The lowest BCUT2D eigenvalue weighted by Crippen LogP contribution is -2.15. The molecule has 0 aliphatic heterocycles. The molecule has 0 aliphatic carbocycles. The molecule has 1 N–H and O–H groups in total. The number of amides is 1. The predicted octanol–water partition coefficient (Wildman–Crippen LogP) is 4.89. The number of anilines is 1. The van der Waals surface area contributed by atoms with Crippen molar-refractivity contribution in [3.8, 4) is 5.75 Å². The predicted molar refractivity (Wildman–Crippen MR) is 103 cm³/mol. The average molecular weight is 361 g/mol. The minimum absolute atomic E-state index is 0.117. The van der Waals surface area contributed by atoms with E-state index >= 15 is 0 Å². The molecular formula is C20H24FNO2S. The molecule has 2 aromatic carbocycles. The Morgan fingerprint density at radius 3 is 2.68 bits per heavy atom. The number of hydrogen-bond donors (Lipinski definition) is 1. The fourth-order valence-corrected chi connectivity index (χ4v) is 3.01. The Bertz CT molecular complexity index is 734. The third-order valence-corrected chi connectivity index (χ3v) is 4.78. The van der Waals surface area contributed by atoms with E-state index in [1.807, 2.05) is 26.8 Å². The second-order valence-corrected chi connectivity index (χ2v) is 7.14. The van der Waals surface area contributed by atoms with Crippen molar-refractivity contribution < 1.29 is 13.9 Å². The summed E-state index contributed by atoms with van der Waals surface area (Å²) in [6, 6.07) is 10.5. The summed E-state index contributed by atoms with van der Waals surface area (Å²) < 4.78 is 19.0. The molecule has 3 nitrogen and oxygen atoms in total. The van der Waals surface area contributed by atoms with Crippen LogP contribution < -0.4 is 10.1 Å². The summed E-state index contributed by atoms with van der Waals surface area (Å²) in [5.74, 6) is 1.63. The molecule has 0 saturated carbocycles. The topological polar surface area (TPSA) is 38.3 Å². The molecule has 0 unspecified atom stereocenters. The minimum Gasteiger partial charge on any atom is -0.493 e. The zero-order valence-corrected chi connectivity index (χ0v) is 15.7. The van der Waals surface area contributed by atoms with Crippen molar-refractivity contribution >= 4 is 23.4 Å². The molecule has 0 saturated heterocycles. The van der Waals surface area contributed by atoms with E-state index in [2.05, 4.69) is 17.4 Å². The first-order chi connectivity index (χ1) is 12.0. The molecule has 0 heterocycles. The van der Waals surface area contributed by atoms with Crippen LogP contribution in [0.15, 0.2) is 36.4 Å². The van der Waals surface area contributed by atoms with E-state index < -0.39 is 0 Å². The highest BCUT2D eigenvalue weighted by Gasteiger charge is 2.06. The largest absolute Gasteiger partial charge is 0.493 e. The molecule has 0 radical (unpaired) electrons. The van der Waals surface area contributed by atoms with Crippen LogP contribution in [-0.4, -0.2) is 24.0 Å². The highest BCUT2D eigenvalue weighted by molar-refractivity contribution is 7.99. The summed E-state index contributed by atoms with van der Waals surface area (Å²) in [5, 5.41) is 2.75. The van der Waals surface area contributed by atoms with E-state index in [0.717, 1.165) is 29.1 Å². The zero-order chi connectivity index (χ0) is 18.2. The monoisotopic (exact) mass is 361 g/mol. The highest BCUT2D eigenvalue weighted by Crippen LogP contribution is 2.20. The van der Waals surface area contributed by atoms with Crippen LogP contribution in [-0.2, 0) is 4.79 Å². The molecule has 0 aliphatic rings. The first kappa shape index (κ1) is 19.3. The first-order valence-corrected chi connectivity index (χ1v) is 9.45. The fraction of sp³-hybridized carbons (Fsp3) is 0.350. The molecule has 0 bridgehead atoms. The molecule has 2 rings (SSSR count). The van der Waals surface area contributed by atoms with Crippen molar-refractivity contribution in [3.05, 3.63) is 58.9 Å². The Kier molecular flexibility index (Phi) is 7.31. The molecule has 0 spiro atoms. The Balaban J connectivity index is 1.65. The number of thioether (sulfide) groups is 1. The van der Waals surface area contributed by atoms with E-state index in [1.165, 1.54) is 17.7 Å². The van der Waals surface area contributed by atoms with Gasteiger partial charge in [0.15, 0.2) is 0 Å². The number of halogens is 1. The lowest BCUT2D eigenvalue weighted by molar-refractivity contribution is -0.113. The smallest absolute Gasteiger partial charge is 0.234 e. The molecule has 0 aromatic heterocycles. The number of hydrogen-bond acceptors (Lipinski definition) is 3. The second kappa shape index (κ2) is 9.47. The second-order valence-electron chi connectivity index (χ2n) is 6.03.